The first-order valence-electron chi connectivity index (χ1n) is 7.42. The molecule has 0 bridgehead atoms. The van der Waals surface area contributed by atoms with Gasteiger partial charge < -0.3 is 4.74 Å². The number of hydrazine groups is 1. The number of nitrogens with one attached hydrogen (secondary N) is 1. The summed E-state index contributed by atoms with van der Waals surface area (Å²) >= 11 is 0. The van der Waals surface area contributed by atoms with E-state index < -0.39 is 0 Å². The molecule has 1 aromatic heterocycles. The van der Waals surface area contributed by atoms with E-state index in [1.165, 1.54) is 0 Å². The normalized spacial score (nSPS) is 12.1. The second kappa shape index (κ2) is 8.39. The van der Waals surface area contributed by atoms with E-state index in [0.29, 0.717) is 0 Å². The maximum atomic E-state index is 5.69. The number of pyridine rings is 1. The third kappa shape index (κ3) is 4.85. The van der Waals surface area contributed by atoms with Crippen LogP contribution in [0.4, 0.5) is 0 Å². The largest absolute Gasteiger partial charge is 0.494 e. The van der Waals surface area contributed by atoms with E-state index in [0.717, 1.165) is 42.9 Å². The summed E-state index contributed by atoms with van der Waals surface area (Å²) in [6.45, 7) is 2.85. The first-order valence-corrected chi connectivity index (χ1v) is 7.42. The van der Waals surface area contributed by atoms with Gasteiger partial charge in [0, 0.05) is 17.9 Å². The van der Waals surface area contributed by atoms with Gasteiger partial charge in [0.1, 0.15) is 5.75 Å². The van der Waals surface area contributed by atoms with Gasteiger partial charge in [-0.25, -0.2) is 0 Å². The molecule has 2 aromatic rings. The minimum absolute atomic E-state index is 0.118. The Morgan fingerprint density at radius 3 is 2.62 bits per heavy atom. The molecule has 0 radical (unpaired) electrons. The van der Waals surface area contributed by atoms with Crippen LogP contribution in [0.2, 0.25) is 0 Å². The second-order valence-electron chi connectivity index (χ2n) is 5.00. The SMILES string of the molecule is CCCOc1ccc(C(CCc2ccccn2)NN)cc1. The predicted molar refractivity (Wildman–Crippen MR) is 84.9 cm³/mol. The highest BCUT2D eigenvalue weighted by molar-refractivity contribution is 5.29. The van der Waals surface area contributed by atoms with Crippen molar-refractivity contribution in [3.8, 4) is 5.75 Å². The highest BCUT2D eigenvalue weighted by Gasteiger charge is 2.10. The number of rotatable bonds is 8. The topological polar surface area (TPSA) is 60.2 Å². The van der Waals surface area contributed by atoms with Crippen molar-refractivity contribution in [2.24, 2.45) is 5.84 Å². The molecular weight excluding hydrogens is 262 g/mol. The van der Waals surface area contributed by atoms with Gasteiger partial charge >= 0.3 is 0 Å². The van der Waals surface area contributed by atoms with Crippen LogP contribution in [0.3, 0.4) is 0 Å². The molecule has 21 heavy (non-hydrogen) atoms. The standard InChI is InChI=1S/C17H23N3O/c1-2-13-21-16-9-6-14(7-10-16)17(20-18)11-8-15-5-3-4-12-19-15/h3-7,9-10,12,17,20H,2,8,11,13,18H2,1H3. The molecule has 0 aliphatic rings. The Balaban J connectivity index is 1.94. The van der Waals surface area contributed by atoms with Crippen molar-refractivity contribution in [2.45, 2.75) is 32.2 Å². The quantitative estimate of drug-likeness (QED) is 0.578. The average molecular weight is 285 g/mol. The van der Waals surface area contributed by atoms with Crippen molar-refractivity contribution < 1.29 is 4.74 Å². The Morgan fingerprint density at radius 2 is 2.00 bits per heavy atom. The summed E-state index contributed by atoms with van der Waals surface area (Å²) in [5.74, 6) is 6.59. The molecule has 112 valence electrons. The first-order chi connectivity index (χ1) is 10.3. The number of nitrogens with zero attached hydrogens (tertiary/aromatic N) is 1. The van der Waals surface area contributed by atoms with Gasteiger partial charge in [-0.3, -0.25) is 16.3 Å². The monoisotopic (exact) mass is 285 g/mol. The highest BCUT2D eigenvalue weighted by atomic mass is 16.5. The molecule has 1 heterocycles. The molecule has 0 spiro atoms. The maximum absolute atomic E-state index is 5.69. The molecular formula is C17H23N3O. The number of nitrogens with two attached hydrogens (primary N) is 1. The predicted octanol–water partition coefficient (Wildman–Crippen LogP) is 3.01. The number of ether oxygens (including phenoxy) is 1. The fraction of sp³-hybridized carbons (Fsp3) is 0.353. The zero-order valence-corrected chi connectivity index (χ0v) is 12.5. The lowest BCUT2D eigenvalue weighted by Crippen LogP contribution is -2.28. The smallest absolute Gasteiger partial charge is 0.119 e. The summed E-state index contributed by atoms with van der Waals surface area (Å²) in [4.78, 5) is 4.34. The lowest BCUT2D eigenvalue weighted by Gasteiger charge is -2.16. The van der Waals surface area contributed by atoms with E-state index in [4.69, 9.17) is 10.6 Å². The van der Waals surface area contributed by atoms with Crippen LogP contribution in [-0.4, -0.2) is 11.6 Å². The third-order valence-electron chi connectivity index (χ3n) is 3.37. The van der Waals surface area contributed by atoms with Gasteiger partial charge in [0.05, 0.1) is 6.61 Å². The number of hydrogen-bond acceptors (Lipinski definition) is 4. The first kappa shape index (κ1) is 15.5. The Hall–Kier alpha value is -1.91. The Labute approximate surface area is 126 Å². The fourth-order valence-corrected chi connectivity index (χ4v) is 2.20. The van der Waals surface area contributed by atoms with E-state index in [2.05, 4.69) is 29.5 Å². The molecule has 4 nitrogen and oxygen atoms in total. The minimum atomic E-state index is 0.118. The number of hydrogen-bond donors (Lipinski definition) is 2. The van der Waals surface area contributed by atoms with Gasteiger partial charge in [0.15, 0.2) is 0 Å². The summed E-state index contributed by atoms with van der Waals surface area (Å²) in [5.41, 5.74) is 5.13. The third-order valence-corrected chi connectivity index (χ3v) is 3.37. The van der Waals surface area contributed by atoms with E-state index >= 15 is 0 Å². The molecule has 0 fully saturated rings. The van der Waals surface area contributed by atoms with Crippen LogP contribution in [0.25, 0.3) is 0 Å². The van der Waals surface area contributed by atoms with Gasteiger partial charge in [-0.2, -0.15) is 0 Å². The van der Waals surface area contributed by atoms with Crippen LogP contribution in [0.1, 0.15) is 37.1 Å². The zero-order chi connectivity index (χ0) is 14.9. The summed E-state index contributed by atoms with van der Waals surface area (Å²) < 4.78 is 5.59. The van der Waals surface area contributed by atoms with Gasteiger partial charge in [-0.1, -0.05) is 25.1 Å². The lowest BCUT2D eigenvalue weighted by atomic mass is 10.0. The molecule has 2 rings (SSSR count). The van der Waals surface area contributed by atoms with Gasteiger partial charge in [0.2, 0.25) is 0 Å². The highest BCUT2D eigenvalue weighted by Crippen LogP contribution is 2.21. The average Bonchev–Trinajstić information content (AvgIpc) is 2.55. The van der Waals surface area contributed by atoms with Crippen LogP contribution in [0.15, 0.2) is 48.7 Å². The second-order valence-corrected chi connectivity index (χ2v) is 5.00. The van der Waals surface area contributed by atoms with E-state index in [-0.39, 0.29) is 6.04 Å². The van der Waals surface area contributed by atoms with Gasteiger partial charge in [-0.05, 0) is 49.1 Å². The van der Waals surface area contributed by atoms with Gasteiger partial charge in [0.25, 0.3) is 0 Å². The van der Waals surface area contributed by atoms with Crippen LogP contribution in [0.5, 0.6) is 5.75 Å². The van der Waals surface area contributed by atoms with E-state index in [9.17, 15) is 0 Å². The van der Waals surface area contributed by atoms with E-state index in [1.807, 2.05) is 36.5 Å². The Morgan fingerprint density at radius 1 is 1.19 bits per heavy atom. The Bertz CT molecular complexity index is 513. The molecule has 0 aliphatic carbocycles. The zero-order valence-electron chi connectivity index (χ0n) is 12.5. The molecule has 0 aliphatic heterocycles. The van der Waals surface area contributed by atoms with Crippen LogP contribution in [0, 0.1) is 0 Å². The van der Waals surface area contributed by atoms with Crippen molar-refractivity contribution in [1.29, 1.82) is 0 Å². The van der Waals surface area contributed by atoms with Crippen molar-refractivity contribution in [3.63, 3.8) is 0 Å². The molecule has 4 heteroatoms. The molecule has 0 saturated carbocycles. The van der Waals surface area contributed by atoms with Gasteiger partial charge in [-0.15, -0.1) is 0 Å². The van der Waals surface area contributed by atoms with Crippen LogP contribution >= 0.6 is 0 Å². The summed E-state index contributed by atoms with van der Waals surface area (Å²) in [6.07, 6.45) is 4.63. The van der Waals surface area contributed by atoms with Crippen molar-refractivity contribution in [2.75, 3.05) is 6.61 Å². The molecule has 0 amide bonds. The van der Waals surface area contributed by atoms with Crippen molar-refractivity contribution in [3.05, 3.63) is 59.9 Å². The lowest BCUT2D eigenvalue weighted by molar-refractivity contribution is 0.317. The number of aryl methyl sites for hydroxylation is 1. The van der Waals surface area contributed by atoms with Crippen molar-refractivity contribution >= 4 is 0 Å². The van der Waals surface area contributed by atoms with Crippen molar-refractivity contribution in [1.82, 2.24) is 10.4 Å². The number of benzene rings is 1. The maximum Gasteiger partial charge on any atom is 0.119 e. The summed E-state index contributed by atoms with van der Waals surface area (Å²) in [6, 6.07) is 14.2. The molecule has 3 N–H and O–H groups in total. The van der Waals surface area contributed by atoms with Crippen LogP contribution < -0.4 is 16.0 Å². The number of aromatic nitrogens is 1. The van der Waals surface area contributed by atoms with Crippen LogP contribution in [-0.2, 0) is 6.42 Å². The summed E-state index contributed by atoms with van der Waals surface area (Å²) in [7, 11) is 0. The summed E-state index contributed by atoms with van der Waals surface area (Å²) in [5, 5.41) is 0. The fourth-order valence-electron chi connectivity index (χ4n) is 2.20. The Kier molecular flexibility index (Phi) is 6.19. The molecule has 1 atom stereocenters. The molecule has 1 aromatic carbocycles. The molecule has 0 saturated heterocycles. The van der Waals surface area contributed by atoms with E-state index in [1.54, 1.807) is 0 Å². The minimum Gasteiger partial charge on any atom is -0.494 e. The molecule has 1 unspecified atom stereocenters.